The number of carboxylic acid groups (broad SMARTS) is 1. The van der Waals surface area contributed by atoms with Crippen LogP contribution in [0, 0.1) is 0 Å². The van der Waals surface area contributed by atoms with Crippen LogP contribution in [0.4, 0.5) is 0 Å². The van der Waals surface area contributed by atoms with Gasteiger partial charge < -0.3 is 20.7 Å². The average Bonchev–Trinajstić information content (AvgIpc) is 3.10. The lowest BCUT2D eigenvalue weighted by Gasteiger charge is -2.16. The van der Waals surface area contributed by atoms with Crippen LogP contribution in [0.3, 0.4) is 0 Å². The third-order valence-electron chi connectivity index (χ3n) is 4.37. The molecule has 2 aromatic carbocycles. The number of aromatic amines is 1. The van der Waals surface area contributed by atoms with Crippen molar-refractivity contribution in [2.24, 2.45) is 0 Å². The van der Waals surface area contributed by atoms with Crippen LogP contribution >= 0.6 is 0 Å². The van der Waals surface area contributed by atoms with Crippen LogP contribution in [0.5, 0.6) is 0 Å². The number of para-hydroxylation sites is 1. The minimum Gasteiger partial charge on any atom is -0.480 e. The van der Waals surface area contributed by atoms with E-state index in [4.69, 9.17) is 0 Å². The van der Waals surface area contributed by atoms with E-state index in [1.807, 2.05) is 30.3 Å². The summed E-state index contributed by atoms with van der Waals surface area (Å²) >= 11 is 0. The zero-order valence-corrected chi connectivity index (χ0v) is 15.8. The Hall–Kier alpha value is -3.87. The topological polar surface area (TPSA) is 111 Å². The number of rotatable bonds is 7. The second-order valence-electron chi connectivity index (χ2n) is 6.58. The molecule has 0 saturated heterocycles. The molecule has 29 heavy (non-hydrogen) atoms. The highest BCUT2D eigenvalue weighted by molar-refractivity contribution is 6.02. The standard InChI is InChI=1S/C22H21N3O4/c1-14(26)24-19(11-15-7-3-2-4-8-15)21(27)25-20(22(28)29)12-16-13-23-18-10-6-5-9-17(16)18/h2-11,13,20,23H,12H2,1H3,(H,24,26)(H,25,27)(H,28,29)/b19-11+/t20-/m1/s1. The van der Waals surface area contributed by atoms with Crippen LogP contribution in [0.15, 0.2) is 66.5 Å². The van der Waals surface area contributed by atoms with Crippen molar-refractivity contribution in [1.82, 2.24) is 15.6 Å². The Bertz CT molecular complexity index is 1070. The molecule has 0 fully saturated rings. The van der Waals surface area contributed by atoms with Crippen molar-refractivity contribution in [2.75, 3.05) is 0 Å². The van der Waals surface area contributed by atoms with Gasteiger partial charge in [0.1, 0.15) is 11.7 Å². The molecule has 1 heterocycles. The number of amides is 2. The third kappa shape index (κ3) is 5.10. The maximum atomic E-state index is 12.7. The number of nitrogens with one attached hydrogen (secondary N) is 3. The van der Waals surface area contributed by atoms with Crippen molar-refractivity contribution in [2.45, 2.75) is 19.4 Å². The van der Waals surface area contributed by atoms with Crippen molar-refractivity contribution in [3.8, 4) is 0 Å². The van der Waals surface area contributed by atoms with Gasteiger partial charge in [0.05, 0.1) is 0 Å². The molecule has 0 aliphatic rings. The highest BCUT2D eigenvalue weighted by atomic mass is 16.4. The van der Waals surface area contributed by atoms with Crippen LogP contribution in [0.1, 0.15) is 18.1 Å². The fourth-order valence-electron chi connectivity index (χ4n) is 3.02. The molecular formula is C22H21N3O4. The van der Waals surface area contributed by atoms with E-state index < -0.39 is 23.8 Å². The lowest BCUT2D eigenvalue weighted by molar-refractivity contribution is -0.141. The van der Waals surface area contributed by atoms with E-state index in [2.05, 4.69) is 15.6 Å². The van der Waals surface area contributed by atoms with Crippen molar-refractivity contribution >= 4 is 34.8 Å². The summed E-state index contributed by atoms with van der Waals surface area (Å²) in [4.78, 5) is 39.1. The molecule has 0 radical (unpaired) electrons. The first-order chi connectivity index (χ1) is 13.9. The zero-order valence-electron chi connectivity index (χ0n) is 15.8. The summed E-state index contributed by atoms with van der Waals surface area (Å²) in [7, 11) is 0. The number of H-pyrrole nitrogens is 1. The molecule has 7 nitrogen and oxygen atoms in total. The lowest BCUT2D eigenvalue weighted by atomic mass is 10.0. The molecule has 0 spiro atoms. The van der Waals surface area contributed by atoms with Gasteiger partial charge in [0, 0.05) is 30.4 Å². The summed E-state index contributed by atoms with van der Waals surface area (Å²) in [5.74, 6) is -2.26. The van der Waals surface area contributed by atoms with Gasteiger partial charge in [-0.25, -0.2) is 4.79 Å². The highest BCUT2D eigenvalue weighted by Crippen LogP contribution is 2.19. The molecule has 148 valence electrons. The summed E-state index contributed by atoms with van der Waals surface area (Å²) in [6, 6.07) is 15.3. The smallest absolute Gasteiger partial charge is 0.326 e. The Kier molecular flexibility index (Phi) is 6.09. The van der Waals surface area contributed by atoms with Crippen LogP contribution in [-0.2, 0) is 20.8 Å². The maximum Gasteiger partial charge on any atom is 0.326 e. The summed E-state index contributed by atoms with van der Waals surface area (Å²) < 4.78 is 0. The van der Waals surface area contributed by atoms with Crippen LogP contribution in [0.2, 0.25) is 0 Å². The second-order valence-corrected chi connectivity index (χ2v) is 6.58. The van der Waals surface area contributed by atoms with Gasteiger partial charge in [-0.15, -0.1) is 0 Å². The van der Waals surface area contributed by atoms with E-state index in [0.717, 1.165) is 16.5 Å². The van der Waals surface area contributed by atoms with Crippen LogP contribution in [0.25, 0.3) is 17.0 Å². The Morgan fingerprint density at radius 3 is 2.45 bits per heavy atom. The molecular weight excluding hydrogens is 370 g/mol. The zero-order chi connectivity index (χ0) is 20.8. The molecule has 0 unspecified atom stereocenters. The number of aromatic nitrogens is 1. The van der Waals surface area contributed by atoms with Crippen LogP contribution in [-0.4, -0.2) is 33.9 Å². The number of aliphatic carboxylic acids is 1. The fraction of sp³-hybridized carbons (Fsp3) is 0.136. The van der Waals surface area contributed by atoms with Gasteiger partial charge in [-0.1, -0.05) is 48.5 Å². The summed E-state index contributed by atoms with van der Waals surface area (Å²) in [6.45, 7) is 1.28. The van der Waals surface area contributed by atoms with E-state index in [1.165, 1.54) is 13.0 Å². The average molecular weight is 391 g/mol. The Labute approximate surface area is 167 Å². The SMILES string of the molecule is CC(=O)N/C(=C/c1ccccc1)C(=O)N[C@H](Cc1c[nH]c2ccccc12)C(=O)O. The highest BCUT2D eigenvalue weighted by Gasteiger charge is 2.24. The molecule has 0 saturated carbocycles. The number of hydrogen-bond acceptors (Lipinski definition) is 3. The first kappa shape index (κ1) is 19.9. The lowest BCUT2D eigenvalue weighted by Crippen LogP contribution is -2.45. The summed E-state index contributed by atoms with van der Waals surface area (Å²) in [5.41, 5.74) is 2.35. The number of fused-ring (bicyclic) bond motifs is 1. The Morgan fingerprint density at radius 2 is 1.76 bits per heavy atom. The van der Waals surface area contributed by atoms with Crippen molar-refractivity contribution in [3.63, 3.8) is 0 Å². The molecule has 0 aliphatic heterocycles. The normalized spacial score (nSPS) is 12.4. The van der Waals surface area contributed by atoms with Crippen LogP contribution < -0.4 is 10.6 Å². The summed E-state index contributed by atoms with van der Waals surface area (Å²) in [5, 5.41) is 15.5. The minimum atomic E-state index is -1.16. The molecule has 0 aliphatic carbocycles. The largest absolute Gasteiger partial charge is 0.480 e. The van der Waals surface area contributed by atoms with Gasteiger partial charge in [0.15, 0.2) is 0 Å². The number of carbonyl (C=O) groups excluding carboxylic acids is 2. The van der Waals surface area contributed by atoms with Gasteiger partial charge in [-0.2, -0.15) is 0 Å². The third-order valence-corrected chi connectivity index (χ3v) is 4.37. The molecule has 4 N–H and O–H groups in total. The fourth-order valence-corrected chi connectivity index (χ4v) is 3.02. The Morgan fingerprint density at radius 1 is 1.07 bits per heavy atom. The number of carboxylic acids is 1. The van der Waals surface area contributed by atoms with Gasteiger partial charge in [0.25, 0.3) is 5.91 Å². The van der Waals surface area contributed by atoms with Gasteiger partial charge in [-0.05, 0) is 23.3 Å². The first-order valence-electron chi connectivity index (χ1n) is 9.07. The molecule has 2 amide bonds. The number of benzene rings is 2. The minimum absolute atomic E-state index is 0.0196. The Balaban J connectivity index is 1.82. The monoisotopic (exact) mass is 391 g/mol. The molecule has 3 rings (SSSR count). The van der Waals surface area contributed by atoms with Crippen molar-refractivity contribution < 1.29 is 19.5 Å². The molecule has 3 aromatic rings. The van der Waals surface area contributed by atoms with E-state index >= 15 is 0 Å². The quantitative estimate of drug-likeness (QED) is 0.464. The predicted molar refractivity (Wildman–Crippen MR) is 110 cm³/mol. The number of carbonyl (C=O) groups is 3. The van der Waals surface area contributed by atoms with Crippen molar-refractivity contribution in [3.05, 3.63) is 77.6 Å². The van der Waals surface area contributed by atoms with E-state index in [0.29, 0.717) is 5.56 Å². The van der Waals surface area contributed by atoms with Gasteiger partial charge in [-0.3, -0.25) is 9.59 Å². The van der Waals surface area contributed by atoms with E-state index in [-0.39, 0.29) is 12.1 Å². The maximum absolute atomic E-state index is 12.7. The van der Waals surface area contributed by atoms with Gasteiger partial charge >= 0.3 is 5.97 Å². The molecule has 7 heteroatoms. The van der Waals surface area contributed by atoms with Crippen molar-refractivity contribution in [1.29, 1.82) is 0 Å². The number of hydrogen-bond donors (Lipinski definition) is 4. The van der Waals surface area contributed by atoms with Gasteiger partial charge in [0.2, 0.25) is 5.91 Å². The van der Waals surface area contributed by atoms with E-state index in [9.17, 15) is 19.5 Å². The predicted octanol–water partition coefficient (Wildman–Crippen LogP) is 2.46. The molecule has 1 aromatic heterocycles. The summed E-state index contributed by atoms with van der Waals surface area (Å²) in [6.07, 6.45) is 3.34. The molecule has 0 bridgehead atoms. The molecule has 1 atom stereocenters. The van der Waals surface area contributed by atoms with E-state index in [1.54, 1.807) is 30.5 Å². The first-order valence-corrected chi connectivity index (χ1v) is 9.07. The second kappa shape index (κ2) is 8.88.